The molecule has 1 heterocycles. The largest absolute Gasteiger partial charge is 0.433 e. The third-order valence-corrected chi connectivity index (χ3v) is 3.52. The number of imidazole rings is 1. The third-order valence-electron chi connectivity index (χ3n) is 2.19. The second kappa shape index (κ2) is 5.06. The van der Waals surface area contributed by atoms with Gasteiger partial charge in [0.15, 0.2) is 5.69 Å². The Labute approximate surface area is 126 Å². The van der Waals surface area contributed by atoms with E-state index in [4.69, 9.17) is 11.6 Å². The van der Waals surface area contributed by atoms with Crippen LogP contribution in [0.3, 0.4) is 0 Å². The fourth-order valence-corrected chi connectivity index (χ4v) is 2.79. The molecule has 1 aromatic heterocycles. The van der Waals surface area contributed by atoms with Gasteiger partial charge < -0.3 is 4.98 Å². The predicted molar refractivity (Wildman–Crippen MR) is 69.4 cm³/mol. The number of aromatic amines is 1. The Bertz CT molecular complexity index is 616. The Morgan fingerprint density at radius 2 is 1.84 bits per heavy atom. The van der Waals surface area contributed by atoms with Gasteiger partial charge in [-0.25, -0.2) is 9.37 Å². The molecule has 19 heavy (non-hydrogen) atoms. The molecule has 2 aromatic rings. The summed E-state index contributed by atoms with van der Waals surface area (Å²) >= 11 is 11.5. The number of H-pyrrole nitrogens is 1. The maximum Gasteiger partial charge on any atom is 0.433 e. The van der Waals surface area contributed by atoms with Crippen LogP contribution in [0.15, 0.2) is 21.2 Å². The van der Waals surface area contributed by atoms with Crippen LogP contribution >= 0.6 is 43.5 Å². The van der Waals surface area contributed by atoms with Gasteiger partial charge in [0.25, 0.3) is 0 Å². The molecule has 0 aliphatic carbocycles. The minimum atomic E-state index is -4.62. The van der Waals surface area contributed by atoms with Gasteiger partial charge in [0, 0.05) is 4.47 Å². The average molecular weight is 422 g/mol. The summed E-state index contributed by atoms with van der Waals surface area (Å²) in [7, 11) is 0. The number of aromatic nitrogens is 2. The highest BCUT2D eigenvalue weighted by Crippen LogP contribution is 2.37. The van der Waals surface area contributed by atoms with Crippen LogP contribution in [0, 0.1) is 5.82 Å². The molecule has 0 spiro atoms. The Hall–Kier alpha value is -0.600. The minimum absolute atomic E-state index is 0.0538. The maximum atomic E-state index is 13.8. The van der Waals surface area contributed by atoms with Crippen LogP contribution in [-0.2, 0) is 6.18 Å². The smallest absolute Gasteiger partial charge is 0.333 e. The van der Waals surface area contributed by atoms with E-state index in [1.807, 2.05) is 4.98 Å². The molecule has 0 unspecified atom stereocenters. The van der Waals surface area contributed by atoms with Gasteiger partial charge in [-0.05, 0) is 28.1 Å². The zero-order chi connectivity index (χ0) is 14.4. The molecule has 1 aromatic carbocycles. The van der Waals surface area contributed by atoms with Crippen molar-refractivity contribution in [3.05, 3.63) is 37.7 Å². The van der Waals surface area contributed by atoms with E-state index in [1.165, 1.54) is 6.07 Å². The Morgan fingerprint density at radius 3 is 2.32 bits per heavy atom. The average Bonchev–Trinajstić information content (AvgIpc) is 2.57. The first-order valence-corrected chi connectivity index (χ1v) is 6.64. The molecule has 0 bridgehead atoms. The summed E-state index contributed by atoms with van der Waals surface area (Å²) in [6.07, 6.45) is -4.62. The van der Waals surface area contributed by atoms with Crippen molar-refractivity contribution in [1.82, 2.24) is 9.97 Å². The Morgan fingerprint density at radius 1 is 1.21 bits per heavy atom. The zero-order valence-corrected chi connectivity index (χ0v) is 12.7. The molecule has 0 aliphatic rings. The fourth-order valence-electron chi connectivity index (χ4n) is 1.43. The number of rotatable bonds is 1. The van der Waals surface area contributed by atoms with Crippen LogP contribution in [-0.4, -0.2) is 9.97 Å². The molecule has 0 atom stereocenters. The lowest BCUT2D eigenvalue weighted by molar-refractivity contribution is -0.141. The second-order valence-corrected chi connectivity index (χ2v) is 5.57. The first kappa shape index (κ1) is 14.8. The van der Waals surface area contributed by atoms with Crippen LogP contribution in [0.5, 0.6) is 0 Å². The highest BCUT2D eigenvalue weighted by Gasteiger charge is 2.36. The fraction of sp³-hybridized carbons (Fsp3) is 0.100. The van der Waals surface area contributed by atoms with E-state index in [0.717, 1.165) is 6.07 Å². The van der Waals surface area contributed by atoms with E-state index in [0.29, 0.717) is 4.47 Å². The SMILES string of the molecule is Fc1cc(Br)cc(Cl)c1-c1nc(Br)c(C(F)(F)F)[nH]1. The van der Waals surface area contributed by atoms with Crippen molar-refractivity contribution in [2.45, 2.75) is 6.18 Å². The van der Waals surface area contributed by atoms with Crippen molar-refractivity contribution in [3.63, 3.8) is 0 Å². The van der Waals surface area contributed by atoms with E-state index >= 15 is 0 Å². The summed E-state index contributed by atoms with van der Waals surface area (Å²) in [6.45, 7) is 0. The lowest BCUT2D eigenvalue weighted by Crippen LogP contribution is -2.06. The number of alkyl halides is 3. The van der Waals surface area contributed by atoms with Gasteiger partial charge in [0.05, 0.1) is 10.6 Å². The normalized spacial score (nSPS) is 11.9. The van der Waals surface area contributed by atoms with Crippen LogP contribution in [0.1, 0.15) is 5.69 Å². The zero-order valence-electron chi connectivity index (χ0n) is 8.75. The van der Waals surface area contributed by atoms with Gasteiger partial charge in [-0.1, -0.05) is 27.5 Å². The predicted octanol–water partition coefficient (Wildman–Crippen LogP) is 5.41. The summed E-state index contributed by atoms with van der Waals surface area (Å²) in [5.74, 6) is -1.08. The van der Waals surface area contributed by atoms with Crippen LogP contribution in [0.4, 0.5) is 17.6 Å². The summed E-state index contributed by atoms with van der Waals surface area (Å²) in [4.78, 5) is 5.62. The van der Waals surface area contributed by atoms with Crippen LogP contribution in [0.2, 0.25) is 5.02 Å². The first-order valence-electron chi connectivity index (χ1n) is 4.67. The van der Waals surface area contributed by atoms with Crippen molar-refractivity contribution < 1.29 is 17.6 Å². The van der Waals surface area contributed by atoms with Gasteiger partial charge in [0.1, 0.15) is 16.2 Å². The van der Waals surface area contributed by atoms with Crippen molar-refractivity contribution in [1.29, 1.82) is 0 Å². The number of nitrogens with zero attached hydrogens (tertiary/aromatic N) is 1. The van der Waals surface area contributed by atoms with E-state index in [1.54, 1.807) is 0 Å². The molecular formula is C10H3Br2ClF4N2. The summed E-state index contributed by atoms with van der Waals surface area (Å²) < 4.78 is 51.5. The maximum absolute atomic E-state index is 13.8. The summed E-state index contributed by atoms with van der Waals surface area (Å²) in [6, 6.07) is 2.45. The molecular weight excluding hydrogens is 419 g/mol. The Balaban J connectivity index is 2.61. The van der Waals surface area contributed by atoms with Gasteiger partial charge in [-0.3, -0.25) is 0 Å². The topological polar surface area (TPSA) is 28.7 Å². The standard InChI is InChI=1S/C10H3Br2ClF4N2/c11-3-1-4(13)6(5(14)2-3)9-18-7(8(12)19-9)10(15,16)17/h1-2H,(H,18,19). The van der Waals surface area contributed by atoms with Crippen molar-refractivity contribution in [2.24, 2.45) is 0 Å². The molecule has 0 saturated heterocycles. The Kier molecular flexibility index (Phi) is 3.95. The second-order valence-electron chi connectivity index (χ2n) is 3.49. The molecule has 0 aliphatic heterocycles. The van der Waals surface area contributed by atoms with Crippen molar-refractivity contribution >= 4 is 43.5 Å². The van der Waals surface area contributed by atoms with Crippen LogP contribution in [0.25, 0.3) is 11.4 Å². The van der Waals surface area contributed by atoms with Gasteiger partial charge in [-0.2, -0.15) is 13.2 Å². The molecule has 102 valence electrons. The molecule has 0 fully saturated rings. The minimum Gasteiger partial charge on any atom is -0.333 e. The highest BCUT2D eigenvalue weighted by molar-refractivity contribution is 9.10. The molecule has 9 heteroatoms. The molecule has 0 saturated carbocycles. The number of halogens is 7. The highest BCUT2D eigenvalue weighted by atomic mass is 79.9. The van der Waals surface area contributed by atoms with Gasteiger partial charge in [-0.15, -0.1) is 0 Å². The summed E-state index contributed by atoms with van der Waals surface area (Å²) in [5, 5.41) is -0.0538. The number of benzene rings is 1. The van der Waals surface area contributed by atoms with Gasteiger partial charge >= 0.3 is 6.18 Å². The first-order chi connectivity index (χ1) is 8.70. The molecule has 2 nitrogen and oxygen atoms in total. The number of hydrogen-bond donors (Lipinski definition) is 1. The number of hydrogen-bond acceptors (Lipinski definition) is 1. The molecule has 2 rings (SSSR count). The monoisotopic (exact) mass is 420 g/mol. The third kappa shape index (κ3) is 2.95. The van der Waals surface area contributed by atoms with E-state index in [9.17, 15) is 17.6 Å². The molecule has 0 amide bonds. The van der Waals surface area contributed by atoms with Crippen molar-refractivity contribution in [2.75, 3.05) is 0 Å². The van der Waals surface area contributed by atoms with Crippen LogP contribution < -0.4 is 0 Å². The van der Waals surface area contributed by atoms with E-state index in [-0.39, 0.29) is 16.4 Å². The van der Waals surface area contributed by atoms with Gasteiger partial charge in [0.2, 0.25) is 0 Å². The number of nitrogens with one attached hydrogen (secondary N) is 1. The molecule has 0 radical (unpaired) electrons. The summed E-state index contributed by atoms with van der Waals surface area (Å²) in [5.41, 5.74) is -1.32. The van der Waals surface area contributed by atoms with E-state index < -0.39 is 22.3 Å². The quantitative estimate of drug-likeness (QED) is 0.612. The molecule has 1 N–H and O–H groups in total. The lowest BCUT2D eigenvalue weighted by atomic mass is 10.2. The lowest BCUT2D eigenvalue weighted by Gasteiger charge is -2.04. The van der Waals surface area contributed by atoms with E-state index in [2.05, 4.69) is 36.8 Å². The van der Waals surface area contributed by atoms with Crippen molar-refractivity contribution in [3.8, 4) is 11.4 Å².